The summed E-state index contributed by atoms with van der Waals surface area (Å²) in [6, 6.07) is 19.3. The molecule has 24 heavy (non-hydrogen) atoms. The molecule has 0 radical (unpaired) electrons. The molecule has 1 amide bonds. The van der Waals surface area contributed by atoms with Crippen molar-refractivity contribution < 1.29 is 13.9 Å². The van der Waals surface area contributed by atoms with E-state index in [1.807, 2.05) is 61.5 Å². The molecule has 2 aromatic carbocycles. The summed E-state index contributed by atoms with van der Waals surface area (Å²) in [6.07, 6.45) is 1.51. The number of ether oxygens (including phenoxy) is 1. The Kier molecular flexibility index (Phi) is 4.96. The van der Waals surface area contributed by atoms with Gasteiger partial charge in [-0.25, -0.2) is 0 Å². The Bertz CT molecular complexity index is 809. The summed E-state index contributed by atoms with van der Waals surface area (Å²) in [6.45, 7) is 2.77. The van der Waals surface area contributed by atoms with Gasteiger partial charge in [0.2, 0.25) is 0 Å². The lowest BCUT2D eigenvalue weighted by Crippen LogP contribution is -2.23. The number of rotatable bonds is 6. The Morgan fingerprint density at radius 2 is 1.92 bits per heavy atom. The highest BCUT2D eigenvalue weighted by molar-refractivity contribution is 5.92. The second-order valence-electron chi connectivity index (χ2n) is 5.55. The molecule has 3 aromatic rings. The van der Waals surface area contributed by atoms with E-state index in [1.54, 1.807) is 6.07 Å². The molecule has 4 heteroatoms. The standard InChI is InChI=1S/C20H19NO3/c1-15-6-5-7-16(12-15)13-21-20(22)19-17(10-11-23-19)14-24-18-8-3-2-4-9-18/h2-12H,13-14H2,1H3,(H,21,22). The highest BCUT2D eigenvalue weighted by atomic mass is 16.5. The van der Waals surface area contributed by atoms with Crippen molar-refractivity contribution in [3.05, 3.63) is 89.4 Å². The maximum Gasteiger partial charge on any atom is 0.287 e. The summed E-state index contributed by atoms with van der Waals surface area (Å²) in [4.78, 5) is 12.3. The van der Waals surface area contributed by atoms with Gasteiger partial charge in [-0.2, -0.15) is 0 Å². The fourth-order valence-corrected chi connectivity index (χ4v) is 2.41. The third-order valence-corrected chi connectivity index (χ3v) is 3.63. The first-order valence-electron chi connectivity index (χ1n) is 7.80. The molecular formula is C20H19NO3. The number of amides is 1. The van der Waals surface area contributed by atoms with Crippen LogP contribution in [0.25, 0.3) is 0 Å². The van der Waals surface area contributed by atoms with Crippen LogP contribution in [0.15, 0.2) is 71.3 Å². The van der Waals surface area contributed by atoms with Gasteiger partial charge in [0.1, 0.15) is 12.4 Å². The number of furan rings is 1. The smallest absolute Gasteiger partial charge is 0.287 e. The largest absolute Gasteiger partial charge is 0.489 e. The normalized spacial score (nSPS) is 10.4. The van der Waals surface area contributed by atoms with E-state index >= 15 is 0 Å². The lowest BCUT2D eigenvalue weighted by atomic mass is 10.1. The van der Waals surface area contributed by atoms with E-state index in [-0.39, 0.29) is 12.5 Å². The van der Waals surface area contributed by atoms with Gasteiger partial charge in [0.15, 0.2) is 5.76 Å². The minimum atomic E-state index is -0.242. The van der Waals surface area contributed by atoms with E-state index in [2.05, 4.69) is 5.32 Å². The van der Waals surface area contributed by atoms with Crippen LogP contribution in [-0.2, 0) is 13.2 Å². The highest BCUT2D eigenvalue weighted by Gasteiger charge is 2.15. The molecule has 3 rings (SSSR count). The summed E-state index contributed by atoms with van der Waals surface area (Å²) in [7, 11) is 0. The van der Waals surface area contributed by atoms with Crippen molar-refractivity contribution in [1.82, 2.24) is 5.32 Å². The van der Waals surface area contributed by atoms with Crippen LogP contribution in [0, 0.1) is 6.92 Å². The van der Waals surface area contributed by atoms with Crippen LogP contribution in [0.1, 0.15) is 27.2 Å². The van der Waals surface area contributed by atoms with Crippen molar-refractivity contribution in [1.29, 1.82) is 0 Å². The van der Waals surface area contributed by atoms with E-state index in [9.17, 15) is 4.79 Å². The van der Waals surface area contributed by atoms with Crippen LogP contribution in [0.3, 0.4) is 0 Å². The minimum absolute atomic E-state index is 0.242. The summed E-state index contributed by atoms with van der Waals surface area (Å²) >= 11 is 0. The van der Waals surface area contributed by atoms with Crippen LogP contribution in [0.2, 0.25) is 0 Å². The topological polar surface area (TPSA) is 51.5 Å². The number of para-hydroxylation sites is 1. The zero-order valence-corrected chi connectivity index (χ0v) is 13.5. The van der Waals surface area contributed by atoms with Gasteiger partial charge >= 0.3 is 0 Å². The molecule has 0 aliphatic carbocycles. The molecule has 0 aliphatic rings. The van der Waals surface area contributed by atoms with Gasteiger partial charge in [-0.05, 0) is 30.7 Å². The molecule has 0 aliphatic heterocycles. The molecular weight excluding hydrogens is 302 g/mol. The van der Waals surface area contributed by atoms with E-state index in [0.29, 0.717) is 12.3 Å². The van der Waals surface area contributed by atoms with Crippen molar-refractivity contribution in [3.63, 3.8) is 0 Å². The van der Waals surface area contributed by atoms with E-state index < -0.39 is 0 Å². The van der Waals surface area contributed by atoms with Gasteiger partial charge in [0, 0.05) is 12.1 Å². The number of nitrogens with one attached hydrogen (secondary N) is 1. The lowest BCUT2D eigenvalue weighted by Gasteiger charge is -2.07. The predicted octanol–water partition coefficient (Wildman–Crippen LogP) is 4.10. The zero-order valence-electron chi connectivity index (χ0n) is 13.5. The summed E-state index contributed by atoms with van der Waals surface area (Å²) in [5, 5.41) is 2.88. The average molecular weight is 321 g/mol. The van der Waals surface area contributed by atoms with Crippen molar-refractivity contribution >= 4 is 5.91 Å². The van der Waals surface area contributed by atoms with Crippen LogP contribution in [0.5, 0.6) is 5.75 Å². The molecule has 122 valence electrons. The Hall–Kier alpha value is -3.01. The van der Waals surface area contributed by atoms with Crippen LogP contribution < -0.4 is 10.1 Å². The average Bonchev–Trinajstić information content (AvgIpc) is 3.07. The van der Waals surface area contributed by atoms with Crippen LogP contribution in [-0.4, -0.2) is 5.91 Å². The van der Waals surface area contributed by atoms with Gasteiger partial charge in [0.05, 0.1) is 6.26 Å². The molecule has 0 unspecified atom stereocenters. The predicted molar refractivity (Wildman–Crippen MR) is 91.8 cm³/mol. The molecule has 1 aromatic heterocycles. The zero-order chi connectivity index (χ0) is 16.8. The second kappa shape index (κ2) is 7.51. The number of hydrogen-bond donors (Lipinski definition) is 1. The Labute approximate surface area is 141 Å². The number of hydrogen-bond acceptors (Lipinski definition) is 3. The number of carbonyl (C=O) groups is 1. The van der Waals surface area contributed by atoms with Gasteiger partial charge in [-0.3, -0.25) is 4.79 Å². The Morgan fingerprint density at radius 3 is 2.71 bits per heavy atom. The molecule has 0 saturated heterocycles. The fraction of sp³-hybridized carbons (Fsp3) is 0.150. The van der Waals surface area contributed by atoms with Gasteiger partial charge in [-0.1, -0.05) is 48.0 Å². The fourth-order valence-electron chi connectivity index (χ4n) is 2.41. The second-order valence-corrected chi connectivity index (χ2v) is 5.55. The van der Waals surface area contributed by atoms with Crippen molar-refractivity contribution in [2.24, 2.45) is 0 Å². The summed E-state index contributed by atoms with van der Waals surface area (Å²) in [5.41, 5.74) is 2.94. The number of aryl methyl sites for hydroxylation is 1. The van der Waals surface area contributed by atoms with E-state index in [4.69, 9.17) is 9.15 Å². The molecule has 1 heterocycles. The Morgan fingerprint density at radius 1 is 1.08 bits per heavy atom. The van der Waals surface area contributed by atoms with Crippen molar-refractivity contribution in [2.45, 2.75) is 20.1 Å². The Balaban J connectivity index is 1.60. The molecule has 0 bridgehead atoms. The third-order valence-electron chi connectivity index (χ3n) is 3.63. The first-order valence-corrected chi connectivity index (χ1v) is 7.80. The lowest BCUT2D eigenvalue weighted by molar-refractivity contribution is 0.0919. The molecule has 4 nitrogen and oxygen atoms in total. The first-order chi connectivity index (χ1) is 11.7. The van der Waals surface area contributed by atoms with Gasteiger partial charge in [0.25, 0.3) is 5.91 Å². The maximum absolute atomic E-state index is 12.3. The first kappa shape index (κ1) is 15.9. The van der Waals surface area contributed by atoms with Gasteiger partial charge < -0.3 is 14.5 Å². The van der Waals surface area contributed by atoms with Crippen LogP contribution >= 0.6 is 0 Å². The monoisotopic (exact) mass is 321 g/mol. The maximum atomic E-state index is 12.3. The molecule has 0 saturated carbocycles. The molecule has 1 N–H and O–H groups in total. The SMILES string of the molecule is Cc1cccc(CNC(=O)c2occc2COc2ccccc2)c1. The number of benzene rings is 2. The highest BCUT2D eigenvalue weighted by Crippen LogP contribution is 2.16. The van der Waals surface area contributed by atoms with Crippen molar-refractivity contribution in [2.75, 3.05) is 0 Å². The van der Waals surface area contributed by atoms with Crippen molar-refractivity contribution in [3.8, 4) is 5.75 Å². The quantitative estimate of drug-likeness (QED) is 0.744. The van der Waals surface area contributed by atoms with Crippen LogP contribution in [0.4, 0.5) is 0 Å². The van der Waals surface area contributed by atoms with E-state index in [1.165, 1.54) is 6.26 Å². The summed E-state index contributed by atoms with van der Waals surface area (Å²) in [5.74, 6) is 0.802. The summed E-state index contributed by atoms with van der Waals surface area (Å²) < 4.78 is 11.0. The van der Waals surface area contributed by atoms with E-state index in [0.717, 1.165) is 22.4 Å². The van der Waals surface area contributed by atoms with Gasteiger partial charge in [-0.15, -0.1) is 0 Å². The number of carbonyl (C=O) groups excluding carboxylic acids is 1. The minimum Gasteiger partial charge on any atom is -0.489 e. The third kappa shape index (κ3) is 4.04. The molecule has 0 spiro atoms. The molecule has 0 atom stereocenters. The molecule has 0 fully saturated rings.